The van der Waals surface area contributed by atoms with Crippen LogP contribution in [-0.4, -0.2) is 29.7 Å². The fourth-order valence-electron chi connectivity index (χ4n) is 1.72. The summed E-state index contributed by atoms with van der Waals surface area (Å²) in [7, 11) is -3.89. The maximum absolute atomic E-state index is 12.1. The Kier molecular flexibility index (Phi) is 3.13. The Hall–Kier alpha value is -2.42. The molecule has 21 heavy (non-hydrogen) atoms. The lowest BCUT2D eigenvalue weighted by Crippen LogP contribution is -2.13. The second kappa shape index (κ2) is 4.85. The summed E-state index contributed by atoms with van der Waals surface area (Å²) in [6.45, 7) is 0. The minimum Gasteiger partial charge on any atom is -0.478 e. The molecule has 1 aromatic carbocycles. The number of hydrogen-bond acceptors (Lipinski definition) is 6. The van der Waals surface area contributed by atoms with Crippen LogP contribution in [0.4, 0.5) is 6.01 Å². The third-order valence-electron chi connectivity index (χ3n) is 3.00. The van der Waals surface area contributed by atoms with Gasteiger partial charge >= 0.3 is 12.0 Å². The van der Waals surface area contributed by atoms with Gasteiger partial charge in [0.05, 0.1) is 10.5 Å². The maximum atomic E-state index is 12.1. The summed E-state index contributed by atoms with van der Waals surface area (Å²) < 4.78 is 31.6. The Balaban J connectivity index is 1.80. The van der Waals surface area contributed by atoms with Crippen LogP contribution in [0, 0.1) is 0 Å². The van der Waals surface area contributed by atoms with E-state index in [0.717, 1.165) is 12.8 Å². The van der Waals surface area contributed by atoms with E-state index in [1.807, 2.05) is 0 Å². The fraction of sp³-hybridized carbons (Fsp3) is 0.250. The number of rotatable bonds is 5. The van der Waals surface area contributed by atoms with Crippen molar-refractivity contribution in [2.24, 2.45) is 0 Å². The van der Waals surface area contributed by atoms with Crippen LogP contribution in [0.1, 0.15) is 35.0 Å². The van der Waals surface area contributed by atoms with Crippen molar-refractivity contribution >= 4 is 22.0 Å². The number of hydrogen-bond donors (Lipinski definition) is 2. The van der Waals surface area contributed by atoms with E-state index in [4.69, 9.17) is 9.52 Å². The molecule has 110 valence electrons. The molecule has 0 aliphatic heterocycles. The van der Waals surface area contributed by atoms with Gasteiger partial charge in [0.1, 0.15) is 0 Å². The van der Waals surface area contributed by atoms with Crippen LogP contribution in [-0.2, 0) is 10.0 Å². The maximum Gasteiger partial charge on any atom is 0.335 e. The zero-order chi connectivity index (χ0) is 15.0. The van der Waals surface area contributed by atoms with E-state index in [9.17, 15) is 13.2 Å². The lowest BCUT2D eigenvalue weighted by Gasteiger charge is -2.04. The summed E-state index contributed by atoms with van der Waals surface area (Å²) in [5.41, 5.74) is 0.00256. The monoisotopic (exact) mass is 309 g/mol. The largest absolute Gasteiger partial charge is 0.478 e. The Labute approximate surface area is 119 Å². The minimum atomic E-state index is -3.89. The number of aromatic nitrogens is 2. The van der Waals surface area contributed by atoms with Gasteiger partial charge in [0.2, 0.25) is 5.89 Å². The van der Waals surface area contributed by atoms with E-state index in [1.165, 1.54) is 24.3 Å². The Morgan fingerprint density at radius 3 is 2.48 bits per heavy atom. The highest BCUT2D eigenvalue weighted by molar-refractivity contribution is 7.92. The first-order valence-corrected chi connectivity index (χ1v) is 7.63. The van der Waals surface area contributed by atoms with Crippen LogP contribution in [0.5, 0.6) is 0 Å². The molecule has 1 aliphatic rings. The number of nitrogens with zero attached hydrogens (tertiary/aromatic N) is 2. The van der Waals surface area contributed by atoms with Crippen molar-refractivity contribution in [3.63, 3.8) is 0 Å². The van der Waals surface area contributed by atoms with Gasteiger partial charge in [0.25, 0.3) is 10.0 Å². The number of nitrogens with one attached hydrogen (secondary N) is 1. The number of benzene rings is 1. The van der Waals surface area contributed by atoms with Crippen molar-refractivity contribution in [3.8, 4) is 0 Å². The normalized spacial score (nSPS) is 14.9. The van der Waals surface area contributed by atoms with Gasteiger partial charge in [-0.15, -0.1) is 5.10 Å². The summed E-state index contributed by atoms with van der Waals surface area (Å²) in [4.78, 5) is 10.6. The predicted octanol–water partition coefficient (Wildman–Crippen LogP) is 1.45. The predicted molar refractivity (Wildman–Crippen MR) is 70.5 cm³/mol. The highest BCUT2D eigenvalue weighted by atomic mass is 32.2. The molecule has 1 aromatic heterocycles. The molecule has 0 bridgehead atoms. The molecule has 0 amide bonds. The van der Waals surface area contributed by atoms with Gasteiger partial charge in [0.15, 0.2) is 0 Å². The van der Waals surface area contributed by atoms with Crippen molar-refractivity contribution in [2.75, 3.05) is 4.72 Å². The molecule has 0 radical (unpaired) electrons. The fourth-order valence-corrected chi connectivity index (χ4v) is 2.65. The summed E-state index contributed by atoms with van der Waals surface area (Å²) in [5.74, 6) is -0.475. The SMILES string of the molecule is O=C(O)c1ccc(S(=O)(=O)Nc2nnc(C3CC3)o2)cc1. The van der Waals surface area contributed by atoms with Gasteiger partial charge in [-0.2, -0.15) is 0 Å². The zero-order valence-corrected chi connectivity index (χ0v) is 11.5. The number of sulfonamides is 1. The molecule has 0 spiro atoms. The van der Waals surface area contributed by atoms with E-state index >= 15 is 0 Å². The molecule has 1 heterocycles. The van der Waals surface area contributed by atoms with E-state index < -0.39 is 16.0 Å². The van der Waals surface area contributed by atoms with Crippen LogP contribution < -0.4 is 4.72 Å². The van der Waals surface area contributed by atoms with E-state index in [-0.39, 0.29) is 22.4 Å². The Morgan fingerprint density at radius 1 is 1.24 bits per heavy atom. The molecule has 2 N–H and O–H groups in total. The minimum absolute atomic E-state index is 0.00256. The number of carbonyl (C=O) groups is 1. The van der Waals surface area contributed by atoms with Crippen LogP contribution in [0.3, 0.4) is 0 Å². The van der Waals surface area contributed by atoms with Crippen LogP contribution in [0.15, 0.2) is 33.6 Å². The topological polar surface area (TPSA) is 122 Å². The number of carboxylic acid groups (broad SMARTS) is 1. The average Bonchev–Trinajstić information content (AvgIpc) is 3.20. The summed E-state index contributed by atoms with van der Waals surface area (Å²) >= 11 is 0. The van der Waals surface area contributed by atoms with Crippen molar-refractivity contribution < 1.29 is 22.7 Å². The molecule has 2 aromatic rings. The Bertz CT molecular complexity index is 777. The average molecular weight is 309 g/mol. The quantitative estimate of drug-likeness (QED) is 0.856. The lowest BCUT2D eigenvalue weighted by atomic mass is 10.2. The van der Waals surface area contributed by atoms with E-state index in [2.05, 4.69) is 14.9 Å². The number of anilines is 1. The molecule has 1 saturated carbocycles. The third kappa shape index (κ3) is 2.87. The molecule has 9 heteroatoms. The summed E-state index contributed by atoms with van der Waals surface area (Å²) in [5, 5.41) is 16.2. The second-order valence-corrected chi connectivity index (χ2v) is 6.34. The third-order valence-corrected chi connectivity index (χ3v) is 4.34. The smallest absolute Gasteiger partial charge is 0.335 e. The van der Waals surface area contributed by atoms with Crippen LogP contribution in [0.25, 0.3) is 0 Å². The first kappa shape index (κ1) is 13.6. The van der Waals surface area contributed by atoms with Gasteiger partial charge in [0, 0.05) is 5.92 Å². The number of carboxylic acids is 1. The zero-order valence-electron chi connectivity index (χ0n) is 10.7. The number of aromatic carboxylic acids is 1. The summed E-state index contributed by atoms with van der Waals surface area (Å²) in [6.07, 6.45) is 1.93. The molecule has 0 atom stereocenters. The molecule has 1 aliphatic carbocycles. The van der Waals surface area contributed by atoms with Crippen molar-refractivity contribution in [1.29, 1.82) is 0 Å². The van der Waals surface area contributed by atoms with Gasteiger partial charge in [-0.25, -0.2) is 17.9 Å². The second-order valence-electron chi connectivity index (χ2n) is 4.65. The molecule has 0 unspecified atom stereocenters. The highest BCUT2D eigenvalue weighted by Crippen LogP contribution is 2.39. The standard InChI is InChI=1S/C12H11N3O5S/c16-11(17)8-3-5-9(6-4-8)21(18,19)15-12-14-13-10(20-12)7-1-2-7/h3-7H,1-2H2,(H,14,15)(H,16,17). The molecule has 0 saturated heterocycles. The molecular weight excluding hydrogens is 298 g/mol. The van der Waals surface area contributed by atoms with Gasteiger partial charge in [-0.3, -0.25) is 0 Å². The van der Waals surface area contributed by atoms with Crippen LogP contribution in [0.2, 0.25) is 0 Å². The molecule has 3 rings (SSSR count). The molecule has 8 nitrogen and oxygen atoms in total. The van der Waals surface area contributed by atoms with Gasteiger partial charge in [-0.05, 0) is 37.1 Å². The first-order chi connectivity index (χ1) is 9.95. The van der Waals surface area contributed by atoms with Crippen molar-refractivity contribution in [3.05, 3.63) is 35.7 Å². The van der Waals surface area contributed by atoms with Crippen LogP contribution >= 0.6 is 0 Å². The van der Waals surface area contributed by atoms with Crippen molar-refractivity contribution in [2.45, 2.75) is 23.7 Å². The van der Waals surface area contributed by atoms with Crippen molar-refractivity contribution in [1.82, 2.24) is 10.2 Å². The summed E-state index contributed by atoms with van der Waals surface area (Å²) in [6, 6.07) is 4.62. The lowest BCUT2D eigenvalue weighted by molar-refractivity contribution is 0.0696. The highest BCUT2D eigenvalue weighted by Gasteiger charge is 2.30. The molecule has 1 fully saturated rings. The Morgan fingerprint density at radius 2 is 1.90 bits per heavy atom. The van der Waals surface area contributed by atoms with E-state index in [1.54, 1.807) is 0 Å². The first-order valence-electron chi connectivity index (χ1n) is 6.15. The molecular formula is C12H11N3O5S. The van der Waals surface area contributed by atoms with Gasteiger partial charge in [-0.1, -0.05) is 5.10 Å². The van der Waals surface area contributed by atoms with E-state index in [0.29, 0.717) is 5.89 Å². The van der Waals surface area contributed by atoms with Gasteiger partial charge < -0.3 is 9.52 Å².